The number of benzene rings is 1. The summed E-state index contributed by atoms with van der Waals surface area (Å²) in [7, 11) is 0. The zero-order chi connectivity index (χ0) is 15.7. The van der Waals surface area contributed by atoms with Crippen LogP contribution in [0.4, 0.5) is 5.69 Å². The first-order valence-electron chi connectivity index (χ1n) is 7.10. The van der Waals surface area contributed by atoms with Gasteiger partial charge in [0.25, 0.3) is 0 Å². The highest BCUT2D eigenvalue weighted by Crippen LogP contribution is 2.25. The maximum absolute atomic E-state index is 11.9. The molecule has 0 saturated heterocycles. The molecule has 1 fully saturated rings. The summed E-state index contributed by atoms with van der Waals surface area (Å²) >= 11 is 6.04. The fourth-order valence-electron chi connectivity index (χ4n) is 2.58. The second-order valence-corrected chi connectivity index (χ2v) is 5.78. The van der Waals surface area contributed by atoms with Crippen LogP contribution in [0.1, 0.15) is 24.8 Å². The van der Waals surface area contributed by atoms with Crippen molar-refractivity contribution in [1.29, 1.82) is 0 Å². The van der Waals surface area contributed by atoms with Gasteiger partial charge in [-0.3, -0.25) is 10.1 Å². The molecule has 1 amide bonds. The molecule has 0 aromatic heterocycles. The average Bonchev–Trinajstić information content (AvgIpc) is 2.91. The lowest BCUT2D eigenvalue weighted by molar-refractivity contribution is -0.121. The molecule has 1 aromatic rings. The first-order valence-corrected chi connectivity index (χ1v) is 7.48. The Morgan fingerprint density at radius 2 is 2.32 bits per heavy atom. The number of aliphatic imine (C=N–C) groups is 3. The molecule has 2 aliphatic rings. The van der Waals surface area contributed by atoms with Gasteiger partial charge in [-0.05, 0) is 43.9 Å². The van der Waals surface area contributed by atoms with Gasteiger partial charge in [0, 0.05) is 10.7 Å². The van der Waals surface area contributed by atoms with Gasteiger partial charge < -0.3 is 5.73 Å². The van der Waals surface area contributed by atoms with Crippen molar-refractivity contribution in [3.63, 3.8) is 0 Å². The molecule has 1 saturated carbocycles. The Kier molecular flexibility index (Phi) is 3.94. The molecule has 1 aromatic carbocycles. The summed E-state index contributed by atoms with van der Waals surface area (Å²) in [6.07, 6.45) is 2.67. The third-order valence-electron chi connectivity index (χ3n) is 3.75. The number of nitrogens with two attached hydrogens (primary N) is 1. The summed E-state index contributed by atoms with van der Waals surface area (Å²) in [4.78, 5) is 24.5. The van der Waals surface area contributed by atoms with E-state index in [9.17, 15) is 4.79 Å². The number of halogens is 1. The second kappa shape index (κ2) is 5.88. The van der Waals surface area contributed by atoms with Crippen molar-refractivity contribution < 1.29 is 4.79 Å². The maximum atomic E-state index is 11.9. The van der Waals surface area contributed by atoms with Gasteiger partial charge in [0.05, 0.1) is 11.6 Å². The lowest BCUT2D eigenvalue weighted by Gasteiger charge is -2.17. The van der Waals surface area contributed by atoms with Crippen molar-refractivity contribution in [3.05, 3.63) is 28.8 Å². The van der Waals surface area contributed by atoms with Gasteiger partial charge in [0.15, 0.2) is 0 Å². The molecule has 1 heterocycles. The van der Waals surface area contributed by atoms with Gasteiger partial charge in [-0.2, -0.15) is 4.99 Å². The van der Waals surface area contributed by atoms with E-state index in [1.165, 1.54) is 0 Å². The summed E-state index contributed by atoms with van der Waals surface area (Å²) in [5.41, 5.74) is 8.25. The summed E-state index contributed by atoms with van der Waals surface area (Å²) in [5, 5.41) is 3.27. The lowest BCUT2D eigenvalue weighted by Crippen LogP contribution is -2.42. The monoisotopic (exact) mass is 317 g/mol. The van der Waals surface area contributed by atoms with Gasteiger partial charge in [-0.15, -0.1) is 0 Å². The summed E-state index contributed by atoms with van der Waals surface area (Å²) in [6, 6.07) is 5.36. The van der Waals surface area contributed by atoms with Crippen LogP contribution in [0.15, 0.2) is 33.2 Å². The van der Waals surface area contributed by atoms with Gasteiger partial charge in [-0.1, -0.05) is 17.7 Å². The van der Waals surface area contributed by atoms with E-state index < -0.39 is 0 Å². The summed E-state index contributed by atoms with van der Waals surface area (Å²) in [5.74, 6) is 0.0640. The Morgan fingerprint density at radius 3 is 3.09 bits per heavy atom. The molecule has 114 valence electrons. The van der Waals surface area contributed by atoms with E-state index in [2.05, 4.69) is 20.3 Å². The highest BCUT2D eigenvalue weighted by atomic mass is 35.5. The Labute approximate surface area is 133 Å². The molecule has 7 heteroatoms. The number of amides is 1. The molecule has 6 nitrogen and oxygen atoms in total. The van der Waals surface area contributed by atoms with E-state index in [1.54, 1.807) is 12.1 Å². The van der Waals surface area contributed by atoms with Crippen LogP contribution >= 0.6 is 11.6 Å². The molecule has 1 aliphatic carbocycles. The SMILES string of the molecule is Cc1ccc(N=C(N)N=C2N=C3CCCC3C(=O)N2)cc1Cl. The van der Waals surface area contributed by atoms with Crippen molar-refractivity contribution in [2.24, 2.45) is 26.6 Å². The number of carbonyl (C=O) groups is 1. The van der Waals surface area contributed by atoms with E-state index in [0.29, 0.717) is 10.7 Å². The number of rotatable bonds is 1. The third kappa shape index (κ3) is 3.01. The zero-order valence-corrected chi connectivity index (χ0v) is 12.9. The molecule has 1 aliphatic heterocycles. The number of aryl methyl sites for hydroxylation is 1. The number of guanidine groups is 2. The van der Waals surface area contributed by atoms with Gasteiger partial charge >= 0.3 is 0 Å². The minimum absolute atomic E-state index is 0.0241. The van der Waals surface area contributed by atoms with E-state index in [4.69, 9.17) is 17.3 Å². The van der Waals surface area contributed by atoms with E-state index in [1.807, 2.05) is 13.0 Å². The zero-order valence-electron chi connectivity index (χ0n) is 12.1. The van der Waals surface area contributed by atoms with Crippen LogP contribution in [0.5, 0.6) is 0 Å². The summed E-state index contributed by atoms with van der Waals surface area (Å²) < 4.78 is 0. The second-order valence-electron chi connectivity index (χ2n) is 5.38. The van der Waals surface area contributed by atoms with Crippen molar-refractivity contribution >= 4 is 40.8 Å². The Balaban J connectivity index is 1.84. The number of hydrogen-bond acceptors (Lipinski definition) is 2. The van der Waals surface area contributed by atoms with Crippen LogP contribution in [-0.4, -0.2) is 23.5 Å². The van der Waals surface area contributed by atoms with Crippen LogP contribution in [0.2, 0.25) is 5.02 Å². The van der Waals surface area contributed by atoms with Gasteiger partial charge in [0.2, 0.25) is 17.8 Å². The fourth-order valence-corrected chi connectivity index (χ4v) is 2.75. The number of nitrogens with one attached hydrogen (secondary N) is 1. The highest BCUT2D eigenvalue weighted by molar-refractivity contribution is 6.31. The molecule has 0 bridgehead atoms. The first-order chi connectivity index (χ1) is 10.5. The van der Waals surface area contributed by atoms with Crippen LogP contribution in [0, 0.1) is 12.8 Å². The van der Waals surface area contributed by atoms with Crippen LogP contribution < -0.4 is 11.1 Å². The number of carbonyl (C=O) groups excluding carboxylic acids is 1. The Hall–Kier alpha value is -2.21. The van der Waals surface area contributed by atoms with Crippen molar-refractivity contribution in [1.82, 2.24) is 5.32 Å². The smallest absolute Gasteiger partial charge is 0.235 e. The number of fused-ring (bicyclic) bond motifs is 1. The topological polar surface area (TPSA) is 92.2 Å². The third-order valence-corrected chi connectivity index (χ3v) is 4.16. The molecular weight excluding hydrogens is 302 g/mol. The molecule has 3 rings (SSSR count). The van der Waals surface area contributed by atoms with E-state index in [-0.39, 0.29) is 23.7 Å². The van der Waals surface area contributed by atoms with Crippen molar-refractivity contribution in [3.8, 4) is 0 Å². The summed E-state index contributed by atoms with van der Waals surface area (Å²) in [6.45, 7) is 1.91. The fraction of sp³-hybridized carbons (Fsp3) is 0.333. The van der Waals surface area contributed by atoms with Crippen LogP contribution in [-0.2, 0) is 4.79 Å². The molecule has 3 N–H and O–H groups in total. The molecule has 0 radical (unpaired) electrons. The predicted molar refractivity (Wildman–Crippen MR) is 87.8 cm³/mol. The molecule has 1 unspecified atom stereocenters. The molecule has 22 heavy (non-hydrogen) atoms. The van der Waals surface area contributed by atoms with Crippen molar-refractivity contribution in [2.75, 3.05) is 0 Å². The minimum atomic E-state index is -0.104. The number of nitrogens with zero attached hydrogens (tertiary/aromatic N) is 3. The minimum Gasteiger partial charge on any atom is -0.368 e. The highest BCUT2D eigenvalue weighted by Gasteiger charge is 2.33. The number of hydrogen-bond donors (Lipinski definition) is 2. The predicted octanol–water partition coefficient (Wildman–Crippen LogP) is 2.32. The standard InChI is InChI=1S/C15H16ClN5O/c1-8-5-6-9(7-11(8)16)18-14(17)21-15-19-12-4-2-3-10(12)13(22)20-15/h5-7,10H,2-4H2,1H3,(H3,17,18,20,21,22). The van der Waals surface area contributed by atoms with Crippen LogP contribution in [0.25, 0.3) is 0 Å². The lowest BCUT2D eigenvalue weighted by atomic mass is 10.0. The van der Waals surface area contributed by atoms with Crippen LogP contribution in [0.3, 0.4) is 0 Å². The normalized spacial score (nSPS) is 23.3. The largest absolute Gasteiger partial charge is 0.368 e. The molecular formula is C15H16ClN5O. The Morgan fingerprint density at radius 1 is 1.50 bits per heavy atom. The van der Waals surface area contributed by atoms with Gasteiger partial charge in [-0.25, -0.2) is 9.98 Å². The quantitative estimate of drug-likeness (QED) is 0.614. The van der Waals surface area contributed by atoms with E-state index >= 15 is 0 Å². The first kappa shape index (κ1) is 14.7. The Bertz CT molecular complexity index is 723. The molecule has 1 atom stereocenters. The molecule has 0 spiro atoms. The van der Waals surface area contributed by atoms with Gasteiger partial charge in [0.1, 0.15) is 0 Å². The maximum Gasteiger partial charge on any atom is 0.235 e. The van der Waals surface area contributed by atoms with E-state index in [0.717, 1.165) is 30.5 Å². The average molecular weight is 318 g/mol. The van der Waals surface area contributed by atoms with Crippen molar-refractivity contribution in [2.45, 2.75) is 26.2 Å².